The van der Waals surface area contributed by atoms with Gasteiger partial charge >= 0.3 is 5.69 Å². The van der Waals surface area contributed by atoms with Crippen molar-refractivity contribution in [3.8, 4) is 0 Å². The Balaban J connectivity index is 2.48. The lowest BCUT2D eigenvalue weighted by molar-refractivity contribution is 0.00895. The fourth-order valence-electron chi connectivity index (χ4n) is 1.93. The SMILES string of the molecule is Cc1cn([C@@H]2O[C@H](C(O)=S(=O)=O)[C@@H](O)C2Cl)c(=O)[nH]c1=O. The number of aryl methyl sites for hydroxylation is 1. The first-order valence-electron chi connectivity index (χ1n) is 5.68. The van der Waals surface area contributed by atoms with E-state index in [4.69, 9.17) is 16.3 Å². The highest BCUT2D eigenvalue weighted by Gasteiger charge is 2.46. The van der Waals surface area contributed by atoms with E-state index in [1.165, 1.54) is 13.1 Å². The molecule has 0 spiro atoms. The maximum absolute atomic E-state index is 11.7. The Bertz CT molecular complexity index is 803. The summed E-state index contributed by atoms with van der Waals surface area (Å²) in [4.78, 5) is 25.1. The Morgan fingerprint density at radius 3 is 2.67 bits per heavy atom. The number of rotatable bonds is 2. The van der Waals surface area contributed by atoms with E-state index in [0.717, 1.165) is 4.57 Å². The summed E-state index contributed by atoms with van der Waals surface area (Å²) < 4.78 is 27.5. The Morgan fingerprint density at radius 1 is 1.48 bits per heavy atom. The number of alkyl halides is 1. The Labute approximate surface area is 123 Å². The predicted molar refractivity (Wildman–Crippen MR) is 72.2 cm³/mol. The molecule has 2 heterocycles. The number of nitrogens with zero attached hydrogens (tertiary/aromatic N) is 1. The molecule has 4 atom stereocenters. The summed E-state index contributed by atoms with van der Waals surface area (Å²) in [5.41, 5.74) is -1.23. The number of hydrogen-bond donors (Lipinski definition) is 3. The van der Waals surface area contributed by atoms with Crippen LogP contribution in [0.15, 0.2) is 15.8 Å². The minimum Gasteiger partial charge on any atom is -0.388 e. The molecule has 116 valence electrons. The van der Waals surface area contributed by atoms with Crippen molar-refractivity contribution in [2.75, 3.05) is 0 Å². The van der Waals surface area contributed by atoms with Crippen molar-refractivity contribution in [1.82, 2.24) is 9.55 Å². The van der Waals surface area contributed by atoms with Crippen LogP contribution in [0, 0.1) is 6.92 Å². The highest BCUT2D eigenvalue weighted by Crippen LogP contribution is 2.32. The smallest absolute Gasteiger partial charge is 0.330 e. The van der Waals surface area contributed by atoms with Crippen molar-refractivity contribution in [3.05, 3.63) is 32.6 Å². The second-order valence-electron chi connectivity index (χ2n) is 4.43. The van der Waals surface area contributed by atoms with E-state index < -0.39 is 50.4 Å². The molecule has 0 bridgehead atoms. The predicted octanol–water partition coefficient (Wildman–Crippen LogP) is -1.72. The zero-order valence-corrected chi connectivity index (χ0v) is 12.1. The maximum Gasteiger partial charge on any atom is 0.330 e. The molecule has 21 heavy (non-hydrogen) atoms. The minimum atomic E-state index is -2.99. The van der Waals surface area contributed by atoms with E-state index >= 15 is 0 Å². The van der Waals surface area contributed by atoms with Gasteiger partial charge in [0.2, 0.25) is 15.3 Å². The fraction of sp³-hybridized carbons (Fsp3) is 0.500. The van der Waals surface area contributed by atoms with Crippen LogP contribution in [0.4, 0.5) is 0 Å². The zero-order chi connectivity index (χ0) is 15.9. The maximum atomic E-state index is 11.7. The first-order valence-corrected chi connectivity index (χ1v) is 7.20. The van der Waals surface area contributed by atoms with E-state index in [2.05, 4.69) is 0 Å². The van der Waals surface area contributed by atoms with Gasteiger partial charge in [-0.3, -0.25) is 14.3 Å². The molecule has 1 aliphatic rings. The summed E-state index contributed by atoms with van der Waals surface area (Å²) in [7, 11) is -2.99. The summed E-state index contributed by atoms with van der Waals surface area (Å²) in [5, 5.41) is 16.9. The molecule has 1 aromatic rings. The van der Waals surface area contributed by atoms with Crippen molar-refractivity contribution < 1.29 is 23.4 Å². The number of aliphatic hydroxyl groups excluding tert-OH is 2. The number of hydrogen-bond acceptors (Lipinski definition) is 6. The second-order valence-corrected chi connectivity index (χ2v) is 5.83. The number of aliphatic hydroxyl groups is 2. The Morgan fingerprint density at radius 2 is 2.10 bits per heavy atom. The molecule has 2 rings (SSSR count). The molecule has 0 aromatic carbocycles. The summed E-state index contributed by atoms with van der Waals surface area (Å²) >= 11 is 5.92. The van der Waals surface area contributed by atoms with Gasteiger partial charge in [-0.15, -0.1) is 11.6 Å². The molecule has 3 N–H and O–H groups in total. The molecule has 1 aliphatic heterocycles. The van der Waals surface area contributed by atoms with Crippen LogP contribution in [-0.4, -0.2) is 50.8 Å². The van der Waals surface area contributed by atoms with Gasteiger partial charge < -0.3 is 14.9 Å². The fourth-order valence-corrected chi connectivity index (χ4v) is 2.63. The molecule has 0 aliphatic carbocycles. The van der Waals surface area contributed by atoms with Crippen molar-refractivity contribution in [2.24, 2.45) is 0 Å². The third-order valence-corrected chi connectivity index (χ3v) is 4.08. The highest BCUT2D eigenvalue weighted by atomic mass is 35.5. The van der Waals surface area contributed by atoms with Crippen molar-refractivity contribution in [2.45, 2.75) is 30.7 Å². The van der Waals surface area contributed by atoms with Crippen LogP contribution in [-0.2, 0) is 15.0 Å². The van der Waals surface area contributed by atoms with Crippen LogP contribution in [0.1, 0.15) is 11.8 Å². The summed E-state index contributed by atoms with van der Waals surface area (Å²) in [6.07, 6.45) is -3.22. The van der Waals surface area contributed by atoms with Gasteiger partial charge in [-0.1, -0.05) is 0 Å². The lowest BCUT2D eigenvalue weighted by atomic mass is 10.2. The number of H-pyrrole nitrogens is 1. The van der Waals surface area contributed by atoms with Gasteiger partial charge in [-0.25, -0.2) is 4.79 Å². The minimum absolute atomic E-state index is 0.195. The van der Waals surface area contributed by atoms with E-state index in [-0.39, 0.29) is 5.56 Å². The standard InChI is InChI=1S/C10H11ClN2O7S/c1-3-2-13(10(17)12-7(3)15)8-4(11)5(14)6(20-8)9(16)21(18)19/h2,4-6,8,14,16H,1H3,(H,12,15,17)/t4?,5-,6-,8+/m0/s1. The number of ether oxygens (including phenoxy) is 1. The first-order chi connectivity index (χ1) is 9.73. The topological polar surface area (TPSA) is 139 Å². The lowest BCUT2D eigenvalue weighted by Gasteiger charge is -2.16. The molecule has 1 fully saturated rings. The second kappa shape index (κ2) is 5.73. The third-order valence-electron chi connectivity index (χ3n) is 3.03. The van der Waals surface area contributed by atoms with Crippen LogP contribution in [0.2, 0.25) is 0 Å². The number of aromatic nitrogens is 2. The van der Waals surface area contributed by atoms with Crippen LogP contribution < -0.4 is 11.2 Å². The molecule has 0 saturated carbocycles. The normalized spacial score (nSPS) is 28.6. The third kappa shape index (κ3) is 2.80. The number of halogens is 1. The molecular weight excluding hydrogens is 328 g/mol. The van der Waals surface area contributed by atoms with Crippen LogP contribution in [0.5, 0.6) is 0 Å². The summed E-state index contributed by atoms with van der Waals surface area (Å²) in [5.74, 6) is 0. The quantitative estimate of drug-likeness (QED) is 0.430. The summed E-state index contributed by atoms with van der Waals surface area (Å²) in [6, 6.07) is 0. The van der Waals surface area contributed by atoms with Gasteiger partial charge in [0.15, 0.2) is 6.23 Å². The van der Waals surface area contributed by atoms with Crippen molar-refractivity contribution >= 4 is 26.9 Å². The van der Waals surface area contributed by atoms with Gasteiger partial charge in [0.1, 0.15) is 17.6 Å². The molecule has 9 nitrogen and oxygen atoms in total. The monoisotopic (exact) mass is 338 g/mol. The van der Waals surface area contributed by atoms with E-state index in [1.54, 1.807) is 0 Å². The average molecular weight is 339 g/mol. The molecule has 11 heteroatoms. The number of aromatic amines is 1. The van der Waals surface area contributed by atoms with Gasteiger partial charge in [0, 0.05) is 11.8 Å². The zero-order valence-electron chi connectivity index (χ0n) is 10.6. The lowest BCUT2D eigenvalue weighted by Crippen LogP contribution is -2.36. The molecule has 1 saturated heterocycles. The van der Waals surface area contributed by atoms with Crippen LogP contribution in [0.3, 0.4) is 0 Å². The molecule has 1 unspecified atom stereocenters. The molecular formula is C10H11ClN2O7S. The van der Waals surface area contributed by atoms with Gasteiger partial charge in [-0.05, 0) is 6.92 Å². The highest BCUT2D eigenvalue weighted by molar-refractivity contribution is 7.72. The van der Waals surface area contributed by atoms with Gasteiger partial charge in [0.25, 0.3) is 5.56 Å². The van der Waals surface area contributed by atoms with Crippen LogP contribution >= 0.6 is 11.6 Å². The van der Waals surface area contributed by atoms with E-state index in [0.29, 0.717) is 0 Å². The largest absolute Gasteiger partial charge is 0.388 e. The van der Waals surface area contributed by atoms with Gasteiger partial charge in [-0.2, -0.15) is 8.42 Å². The van der Waals surface area contributed by atoms with Gasteiger partial charge in [0.05, 0.1) is 0 Å². The summed E-state index contributed by atoms with van der Waals surface area (Å²) in [6.45, 7) is 1.44. The van der Waals surface area contributed by atoms with Crippen molar-refractivity contribution in [1.29, 1.82) is 0 Å². The molecule has 1 aromatic heterocycles. The molecule has 0 radical (unpaired) electrons. The number of nitrogens with one attached hydrogen (secondary N) is 1. The van der Waals surface area contributed by atoms with E-state index in [9.17, 15) is 28.2 Å². The molecule has 0 amide bonds. The van der Waals surface area contributed by atoms with Crippen LogP contribution in [0.25, 0.3) is 0 Å². The van der Waals surface area contributed by atoms with Crippen molar-refractivity contribution in [3.63, 3.8) is 0 Å². The average Bonchev–Trinajstić information content (AvgIpc) is 2.70. The Hall–Kier alpha value is -1.46. The Kier molecular flexibility index (Phi) is 4.35. The first kappa shape index (κ1) is 15.9. The van der Waals surface area contributed by atoms with E-state index in [1.807, 2.05) is 4.98 Å².